The Balaban J connectivity index is 2.21. The van der Waals surface area contributed by atoms with Crippen LogP contribution in [0.25, 0.3) is 6.08 Å². The minimum Gasteiger partial charge on any atom is -0.308 e. The fourth-order valence-electron chi connectivity index (χ4n) is 2.29. The van der Waals surface area contributed by atoms with E-state index in [4.69, 9.17) is 5.41 Å². The normalized spacial score (nSPS) is 27.2. The number of aryl methyl sites for hydroxylation is 2. The molecule has 1 aromatic carbocycles. The fraction of sp³-hybridized carbons (Fsp3) is 0.400. The number of nitrogens with one attached hydrogen (secondary N) is 1. The highest BCUT2D eigenvalue weighted by molar-refractivity contribution is 7.82. The SMILES string of the molecule is Cc1cc(C=CC2C(S)CC2S)c(C)cc1C=N. The molecule has 1 saturated carbocycles. The van der Waals surface area contributed by atoms with Gasteiger partial charge in [-0.1, -0.05) is 18.2 Å². The zero-order chi connectivity index (χ0) is 13.3. The molecule has 0 spiro atoms. The third kappa shape index (κ3) is 2.67. The number of rotatable bonds is 3. The molecule has 0 aromatic heterocycles. The second kappa shape index (κ2) is 5.54. The molecule has 1 aliphatic carbocycles. The highest BCUT2D eigenvalue weighted by Gasteiger charge is 2.34. The van der Waals surface area contributed by atoms with Gasteiger partial charge in [-0.15, -0.1) is 0 Å². The molecule has 1 N–H and O–H groups in total. The van der Waals surface area contributed by atoms with E-state index in [1.54, 1.807) is 0 Å². The maximum atomic E-state index is 7.35. The predicted octanol–water partition coefficient (Wildman–Crippen LogP) is 3.93. The van der Waals surface area contributed by atoms with E-state index in [9.17, 15) is 0 Å². The molecule has 2 unspecified atom stereocenters. The number of hydrogen-bond donors (Lipinski definition) is 3. The van der Waals surface area contributed by atoms with Gasteiger partial charge in [0.1, 0.15) is 0 Å². The van der Waals surface area contributed by atoms with Gasteiger partial charge in [0, 0.05) is 22.6 Å². The summed E-state index contributed by atoms with van der Waals surface area (Å²) in [6, 6.07) is 4.21. The van der Waals surface area contributed by atoms with Crippen LogP contribution in [-0.2, 0) is 0 Å². The molecule has 2 atom stereocenters. The molecule has 0 radical (unpaired) electrons. The monoisotopic (exact) mass is 277 g/mol. The molecule has 0 heterocycles. The van der Waals surface area contributed by atoms with Crippen molar-refractivity contribution in [3.05, 3.63) is 40.5 Å². The van der Waals surface area contributed by atoms with Gasteiger partial charge in [0.2, 0.25) is 0 Å². The molecule has 0 bridgehead atoms. The van der Waals surface area contributed by atoms with Crippen molar-refractivity contribution in [1.82, 2.24) is 0 Å². The topological polar surface area (TPSA) is 23.9 Å². The van der Waals surface area contributed by atoms with Crippen molar-refractivity contribution in [2.24, 2.45) is 5.92 Å². The van der Waals surface area contributed by atoms with E-state index in [0.29, 0.717) is 16.4 Å². The van der Waals surface area contributed by atoms with E-state index >= 15 is 0 Å². The first kappa shape index (κ1) is 13.8. The summed E-state index contributed by atoms with van der Waals surface area (Å²) in [4.78, 5) is 0. The van der Waals surface area contributed by atoms with Crippen molar-refractivity contribution in [3.8, 4) is 0 Å². The Morgan fingerprint density at radius 1 is 1.11 bits per heavy atom. The highest BCUT2D eigenvalue weighted by Crippen LogP contribution is 2.38. The van der Waals surface area contributed by atoms with Crippen molar-refractivity contribution in [1.29, 1.82) is 5.41 Å². The van der Waals surface area contributed by atoms with Crippen LogP contribution in [0.5, 0.6) is 0 Å². The summed E-state index contributed by atoms with van der Waals surface area (Å²) in [6.07, 6.45) is 6.90. The van der Waals surface area contributed by atoms with Gasteiger partial charge in [-0.25, -0.2) is 0 Å². The first-order chi connectivity index (χ1) is 8.52. The lowest BCUT2D eigenvalue weighted by molar-refractivity contribution is 0.429. The van der Waals surface area contributed by atoms with Crippen LogP contribution in [0.1, 0.15) is 28.7 Å². The van der Waals surface area contributed by atoms with E-state index in [2.05, 4.69) is 56.5 Å². The van der Waals surface area contributed by atoms with Gasteiger partial charge in [-0.05, 0) is 48.6 Å². The van der Waals surface area contributed by atoms with Gasteiger partial charge in [-0.2, -0.15) is 25.3 Å². The summed E-state index contributed by atoms with van der Waals surface area (Å²) in [6.45, 7) is 4.13. The van der Waals surface area contributed by atoms with Crippen molar-refractivity contribution in [3.63, 3.8) is 0 Å². The number of hydrogen-bond acceptors (Lipinski definition) is 3. The minimum absolute atomic E-state index is 0.450. The molecule has 18 heavy (non-hydrogen) atoms. The molecule has 3 heteroatoms. The molecule has 1 nitrogen and oxygen atoms in total. The van der Waals surface area contributed by atoms with E-state index in [0.717, 1.165) is 17.5 Å². The average Bonchev–Trinajstić information content (AvgIpc) is 2.33. The van der Waals surface area contributed by atoms with E-state index < -0.39 is 0 Å². The van der Waals surface area contributed by atoms with Gasteiger partial charge < -0.3 is 5.41 Å². The molecule has 1 fully saturated rings. The molecule has 2 rings (SSSR count). The second-order valence-electron chi connectivity index (χ2n) is 5.02. The molecule has 1 aromatic rings. The first-order valence-corrected chi connectivity index (χ1v) is 7.22. The summed E-state index contributed by atoms with van der Waals surface area (Å²) >= 11 is 9.07. The highest BCUT2D eigenvalue weighted by atomic mass is 32.1. The molecule has 0 amide bonds. The maximum absolute atomic E-state index is 7.35. The Bertz CT molecular complexity index is 486. The third-order valence-electron chi connectivity index (χ3n) is 3.68. The summed E-state index contributed by atoms with van der Waals surface area (Å²) in [5.74, 6) is 0.471. The van der Waals surface area contributed by atoms with Crippen LogP contribution in [0.15, 0.2) is 18.2 Å². The fourth-order valence-corrected chi connectivity index (χ4v) is 3.66. The largest absolute Gasteiger partial charge is 0.308 e. The van der Waals surface area contributed by atoms with Crippen LogP contribution in [0, 0.1) is 25.2 Å². The van der Waals surface area contributed by atoms with Gasteiger partial charge in [0.25, 0.3) is 0 Å². The third-order valence-corrected chi connectivity index (χ3v) is 4.79. The van der Waals surface area contributed by atoms with Crippen LogP contribution in [0.2, 0.25) is 0 Å². The van der Waals surface area contributed by atoms with Crippen LogP contribution < -0.4 is 0 Å². The Morgan fingerprint density at radius 2 is 1.67 bits per heavy atom. The van der Waals surface area contributed by atoms with Crippen molar-refractivity contribution < 1.29 is 0 Å². The quantitative estimate of drug-likeness (QED) is 0.551. The first-order valence-electron chi connectivity index (χ1n) is 6.19. The molecule has 96 valence electrons. The smallest absolute Gasteiger partial charge is 0.0253 e. The van der Waals surface area contributed by atoms with Crippen molar-refractivity contribution in [2.45, 2.75) is 30.8 Å². The lowest BCUT2D eigenvalue weighted by atomic mass is 9.83. The maximum Gasteiger partial charge on any atom is 0.0253 e. The zero-order valence-corrected chi connectivity index (χ0v) is 12.5. The van der Waals surface area contributed by atoms with Gasteiger partial charge >= 0.3 is 0 Å². The Kier molecular flexibility index (Phi) is 4.23. The molecular formula is C15H19NS2. The average molecular weight is 277 g/mol. The van der Waals surface area contributed by atoms with Crippen LogP contribution >= 0.6 is 25.3 Å². The van der Waals surface area contributed by atoms with Crippen LogP contribution in [0.4, 0.5) is 0 Å². The summed E-state index contributed by atoms with van der Waals surface area (Å²) in [5.41, 5.74) is 4.58. The lowest BCUT2D eigenvalue weighted by Gasteiger charge is -2.37. The number of benzene rings is 1. The molecule has 0 saturated heterocycles. The van der Waals surface area contributed by atoms with Crippen molar-refractivity contribution >= 4 is 37.5 Å². The number of allylic oxidation sites excluding steroid dienone is 1. The zero-order valence-electron chi connectivity index (χ0n) is 10.7. The minimum atomic E-state index is 0.450. The summed E-state index contributed by atoms with van der Waals surface area (Å²) in [7, 11) is 0. The Labute approximate surface area is 120 Å². The van der Waals surface area contributed by atoms with E-state index in [1.807, 2.05) is 6.92 Å². The lowest BCUT2D eigenvalue weighted by Crippen LogP contribution is -2.37. The number of thiol groups is 2. The molecule has 1 aliphatic rings. The standard InChI is InChI=1S/C15H19NS2/c1-9-6-12(8-16)10(2)5-11(9)3-4-13-14(17)7-15(13)18/h3-6,8,13-18H,7H2,1-2H3. The molecule has 0 aliphatic heterocycles. The second-order valence-corrected chi connectivity index (χ2v) is 6.34. The van der Waals surface area contributed by atoms with Crippen molar-refractivity contribution in [2.75, 3.05) is 0 Å². The van der Waals surface area contributed by atoms with E-state index in [1.165, 1.54) is 17.3 Å². The van der Waals surface area contributed by atoms with Crippen LogP contribution in [0.3, 0.4) is 0 Å². The summed E-state index contributed by atoms with van der Waals surface area (Å²) < 4.78 is 0. The Morgan fingerprint density at radius 3 is 2.22 bits per heavy atom. The van der Waals surface area contributed by atoms with Gasteiger partial charge in [-0.3, -0.25) is 0 Å². The van der Waals surface area contributed by atoms with Gasteiger partial charge in [0.05, 0.1) is 0 Å². The molecular weight excluding hydrogens is 258 g/mol. The summed E-state index contributed by atoms with van der Waals surface area (Å²) in [5, 5.41) is 8.25. The Hall–Kier alpha value is -0.670. The van der Waals surface area contributed by atoms with E-state index in [-0.39, 0.29) is 0 Å². The van der Waals surface area contributed by atoms with Crippen LogP contribution in [-0.4, -0.2) is 16.7 Å². The van der Waals surface area contributed by atoms with Gasteiger partial charge in [0.15, 0.2) is 0 Å². The predicted molar refractivity (Wildman–Crippen MR) is 86.5 cm³/mol.